The molecule has 1 atom stereocenters. The Balaban J connectivity index is 2.10. The van der Waals surface area contributed by atoms with Crippen LogP contribution in [0.2, 0.25) is 0 Å². The summed E-state index contributed by atoms with van der Waals surface area (Å²) in [5, 5.41) is 12.5. The average Bonchev–Trinajstić information content (AvgIpc) is 3.12. The molecule has 112 valence electrons. The Bertz CT molecular complexity index is 592. The third-order valence-electron chi connectivity index (χ3n) is 3.72. The molecule has 1 saturated carbocycles. The molecule has 0 spiro atoms. The van der Waals surface area contributed by atoms with E-state index >= 15 is 0 Å². The number of carboxylic acid groups (broad SMARTS) is 1. The van der Waals surface area contributed by atoms with Gasteiger partial charge in [-0.15, -0.1) is 0 Å². The molecule has 1 unspecified atom stereocenters. The lowest BCUT2D eigenvalue weighted by Crippen LogP contribution is -2.36. The molecular formula is C12H19N3O4S. The summed E-state index contributed by atoms with van der Waals surface area (Å²) in [6.45, 7) is 2.07. The smallest absolute Gasteiger partial charge is 0.305 e. The highest BCUT2D eigenvalue weighted by Crippen LogP contribution is 2.36. The summed E-state index contributed by atoms with van der Waals surface area (Å²) in [4.78, 5) is 10.6. The highest BCUT2D eigenvalue weighted by atomic mass is 32.2. The van der Waals surface area contributed by atoms with Gasteiger partial charge in [-0.2, -0.15) is 9.40 Å². The first-order chi connectivity index (χ1) is 9.32. The third kappa shape index (κ3) is 3.18. The predicted molar refractivity (Wildman–Crippen MR) is 71.6 cm³/mol. The number of carbonyl (C=O) groups is 1. The Hall–Kier alpha value is -1.41. The van der Waals surface area contributed by atoms with Crippen molar-refractivity contribution >= 4 is 16.0 Å². The van der Waals surface area contributed by atoms with Crippen LogP contribution in [0.25, 0.3) is 0 Å². The van der Waals surface area contributed by atoms with E-state index in [1.54, 1.807) is 7.05 Å². The standard InChI is InChI=1S/C12H19N3O4S/c1-9(10-3-4-10)14(2)20(18,19)11-7-13-15(8-11)6-5-12(16)17/h7-10H,3-6H2,1-2H3,(H,16,17). The quantitative estimate of drug-likeness (QED) is 0.803. The molecular weight excluding hydrogens is 282 g/mol. The minimum Gasteiger partial charge on any atom is -0.481 e. The van der Waals surface area contributed by atoms with E-state index in [1.807, 2.05) is 6.92 Å². The van der Waals surface area contributed by atoms with Gasteiger partial charge in [0.25, 0.3) is 0 Å². The van der Waals surface area contributed by atoms with Crippen LogP contribution in [0.4, 0.5) is 0 Å². The van der Waals surface area contributed by atoms with Crippen LogP contribution in [0.1, 0.15) is 26.2 Å². The van der Waals surface area contributed by atoms with Gasteiger partial charge < -0.3 is 5.11 Å². The summed E-state index contributed by atoms with van der Waals surface area (Å²) in [5.74, 6) is -0.499. The van der Waals surface area contributed by atoms with E-state index in [0.717, 1.165) is 12.8 Å². The van der Waals surface area contributed by atoms with E-state index in [-0.39, 0.29) is 23.9 Å². The molecule has 1 heterocycles. The molecule has 1 aliphatic rings. The molecule has 1 aromatic heterocycles. The zero-order chi connectivity index (χ0) is 14.9. The molecule has 1 aromatic rings. The molecule has 20 heavy (non-hydrogen) atoms. The van der Waals surface area contributed by atoms with Gasteiger partial charge >= 0.3 is 5.97 Å². The summed E-state index contributed by atoms with van der Waals surface area (Å²) in [5.41, 5.74) is 0. The number of carboxylic acids is 1. The van der Waals surface area contributed by atoms with Crippen molar-refractivity contribution in [1.82, 2.24) is 14.1 Å². The van der Waals surface area contributed by atoms with Crippen molar-refractivity contribution in [1.29, 1.82) is 0 Å². The van der Waals surface area contributed by atoms with Crippen LogP contribution in [0.15, 0.2) is 17.3 Å². The van der Waals surface area contributed by atoms with Gasteiger partial charge in [0.2, 0.25) is 10.0 Å². The lowest BCUT2D eigenvalue weighted by molar-refractivity contribution is -0.137. The van der Waals surface area contributed by atoms with Crippen molar-refractivity contribution < 1.29 is 18.3 Å². The Morgan fingerprint density at radius 2 is 2.25 bits per heavy atom. The Morgan fingerprint density at radius 3 is 2.80 bits per heavy atom. The maximum Gasteiger partial charge on any atom is 0.305 e. The van der Waals surface area contributed by atoms with Gasteiger partial charge in [0.05, 0.1) is 19.2 Å². The molecule has 1 aliphatic carbocycles. The van der Waals surface area contributed by atoms with Crippen LogP contribution < -0.4 is 0 Å². The third-order valence-corrected chi connectivity index (χ3v) is 5.62. The summed E-state index contributed by atoms with van der Waals surface area (Å²) >= 11 is 0. The fraction of sp³-hybridized carbons (Fsp3) is 0.667. The van der Waals surface area contributed by atoms with Crippen LogP contribution in [0.5, 0.6) is 0 Å². The zero-order valence-electron chi connectivity index (χ0n) is 11.6. The molecule has 7 nitrogen and oxygen atoms in total. The summed E-state index contributed by atoms with van der Waals surface area (Å²) < 4.78 is 27.5. The summed E-state index contributed by atoms with van der Waals surface area (Å²) in [6, 6.07) is -0.0256. The maximum absolute atomic E-state index is 12.4. The van der Waals surface area contributed by atoms with Crippen molar-refractivity contribution in [2.24, 2.45) is 5.92 Å². The van der Waals surface area contributed by atoms with Crippen molar-refractivity contribution in [2.45, 2.75) is 43.7 Å². The van der Waals surface area contributed by atoms with Crippen molar-refractivity contribution in [3.05, 3.63) is 12.4 Å². The second kappa shape index (κ2) is 5.53. The number of hydrogen-bond donors (Lipinski definition) is 1. The second-order valence-electron chi connectivity index (χ2n) is 5.18. The topological polar surface area (TPSA) is 92.5 Å². The monoisotopic (exact) mass is 301 g/mol. The molecule has 0 amide bonds. The first-order valence-corrected chi connectivity index (χ1v) is 7.98. The number of aryl methyl sites for hydroxylation is 1. The Labute approximate surface area is 118 Å². The highest BCUT2D eigenvalue weighted by molar-refractivity contribution is 7.89. The normalized spacial score (nSPS) is 17.4. The predicted octanol–water partition coefficient (Wildman–Crippen LogP) is 0.777. The van der Waals surface area contributed by atoms with Crippen molar-refractivity contribution in [2.75, 3.05) is 7.05 Å². The van der Waals surface area contributed by atoms with Gasteiger partial charge in [0, 0.05) is 19.3 Å². The van der Waals surface area contributed by atoms with Crippen molar-refractivity contribution in [3.63, 3.8) is 0 Å². The van der Waals surface area contributed by atoms with Crippen LogP contribution in [0.3, 0.4) is 0 Å². The molecule has 0 aromatic carbocycles. The maximum atomic E-state index is 12.4. The second-order valence-corrected chi connectivity index (χ2v) is 7.18. The molecule has 1 fully saturated rings. The van der Waals surface area contributed by atoms with E-state index in [4.69, 9.17) is 5.11 Å². The SMILES string of the molecule is CC(C1CC1)N(C)S(=O)(=O)c1cnn(CCC(=O)O)c1. The van der Waals surface area contributed by atoms with Gasteiger partial charge in [-0.3, -0.25) is 9.48 Å². The molecule has 0 aliphatic heterocycles. The van der Waals surface area contributed by atoms with E-state index in [9.17, 15) is 13.2 Å². The zero-order valence-corrected chi connectivity index (χ0v) is 12.4. The van der Waals surface area contributed by atoms with E-state index in [2.05, 4.69) is 5.10 Å². The van der Waals surface area contributed by atoms with Crippen LogP contribution >= 0.6 is 0 Å². The number of nitrogens with zero attached hydrogens (tertiary/aromatic N) is 3. The minimum absolute atomic E-state index is 0.0256. The Kier molecular flexibility index (Phi) is 4.14. The van der Waals surface area contributed by atoms with Gasteiger partial charge in [-0.25, -0.2) is 8.42 Å². The number of aliphatic carboxylic acids is 1. The van der Waals surface area contributed by atoms with Crippen LogP contribution in [-0.2, 0) is 21.4 Å². The number of aromatic nitrogens is 2. The number of hydrogen-bond acceptors (Lipinski definition) is 4. The fourth-order valence-corrected chi connectivity index (χ4v) is 3.45. The average molecular weight is 301 g/mol. The molecule has 0 bridgehead atoms. The van der Waals surface area contributed by atoms with Crippen molar-refractivity contribution in [3.8, 4) is 0 Å². The summed E-state index contributed by atoms with van der Waals surface area (Å²) in [6.07, 6.45) is 4.70. The van der Waals surface area contributed by atoms with E-state index < -0.39 is 16.0 Å². The van der Waals surface area contributed by atoms with E-state index in [0.29, 0.717) is 5.92 Å². The minimum atomic E-state index is -3.56. The first-order valence-electron chi connectivity index (χ1n) is 6.54. The van der Waals surface area contributed by atoms with E-state index in [1.165, 1.54) is 21.4 Å². The lowest BCUT2D eigenvalue weighted by Gasteiger charge is -2.23. The molecule has 2 rings (SSSR count). The molecule has 1 N–H and O–H groups in total. The highest BCUT2D eigenvalue weighted by Gasteiger charge is 2.36. The summed E-state index contributed by atoms with van der Waals surface area (Å²) in [7, 11) is -1.98. The molecule has 8 heteroatoms. The first kappa shape index (κ1) is 15.0. The van der Waals surface area contributed by atoms with Gasteiger partial charge in [0.1, 0.15) is 4.90 Å². The van der Waals surface area contributed by atoms with Crippen LogP contribution in [0, 0.1) is 5.92 Å². The molecule has 0 radical (unpaired) electrons. The lowest BCUT2D eigenvalue weighted by atomic mass is 10.2. The number of sulfonamides is 1. The Morgan fingerprint density at radius 1 is 1.60 bits per heavy atom. The van der Waals surface area contributed by atoms with Gasteiger partial charge in [-0.1, -0.05) is 0 Å². The largest absolute Gasteiger partial charge is 0.481 e. The van der Waals surface area contributed by atoms with Gasteiger partial charge in [0.15, 0.2) is 0 Å². The fourth-order valence-electron chi connectivity index (χ4n) is 2.07. The molecule has 0 saturated heterocycles. The van der Waals surface area contributed by atoms with Gasteiger partial charge in [-0.05, 0) is 25.7 Å². The number of rotatable bonds is 7. The van der Waals surface area contributed by atoms with Crippen LogP contribution in [-0.4, -0.2) is 46.7 Å².